The normalized spacial score (nSPS) is 21.7. The van der Waals surface area contributed by atoms with Crippen LogP contribution in [0.4, 0.5) is 0 Å². The molecule has 0 bridgehead atoms. The molecule has 3 unspecified atom stereocenters. The van der Waals surface area contributed by atoms with E-state index in [1.807, 2.05) is 18.2 Å². The largest absolute Gasteiger partial charge is 0.497 e. The molecule has 24 heavy (non-hydrogen) atoms. The first-order valence-electron chi connectivity index (χ1n) is 8.66. The van der Waals surface area contributed by atoms with E-state index in [2.05, 4.69) is 35.4 Å². The van der Waals surface area contributed by atoms with Gasteiger partial charge in [0.1, 0.15) is 5.75 Å². The summed E-state index contributed by atoms with van der Waals surface area (Å²) in [5.74, 6) is 0.767. The summed E-state index contributed by atoms with van der Waals surface area (Å²) in [5.41, 5.74) is 1.12. The number of hydrogen-bond donors (Lipinski definition) is 3. The number of ether oxygens (including phenoxy) is 1. The molecule has 1 aromatic carbocycles. The molecule has 2 rings (SSSR count). The number of amides is 1. The maximum Gasteiger partial charge on any atom is 0.237 e. The van der Waals surface area contributed by atoms with Crippen LogP contribution in [-0.2, 0) is 4.79 Å². The lowest BCUT2D eigenvalue weighted by Crippen LogP contribution is -2.44. The predicted molar refractivity (Wildman–Crippen MR) is 94.1 cm³/mol. The maximum absolute atomic E-state index is 12.3. The highest BCUT2D eigenvalue weighted by molar-refractivity contribution is 5.82. The summed E-state index contributed by atoms with van der Waals surface area (Å²) >= 11 is 0. The number of hydrogen-bond acceptors (Lipinski definition) is 5. The number of rotatable bonds is 8. The molecule has 134 valence electrons. The van der Waals surface area contributed by atoms with Crippen LogP contribution < -0.4 is 15.4 Å². The van der Waals surface area contributed by atoms with Gasteiger partial charge in [-0.05, 0) is 37.2 Å². The van der Waals surface area contributed by atoms with Gasteiger partial charge in [0.2, 0.25) is 5.91 Å². The Morgan fingerprint density at radius 1 is 1.46 bits per heavy atom. The van der Waals surface area contributed by atoms with Crippen molar-refractivity contribution in [3.05, 3.63) is 29.8 Å². The molecule has 1 saturated heterocycles. The number of methoxy groups -OCH3 is 1. The number of benzene rings is 1. The Bertz CT molecular complexity index is 534. The van der Waals surface area contributed by atoms with E-state index in [-0.39, 0.29) is 18.0 Å². The molecular weight excluding hydrogens is 306 g/mol. The van der Waals surface area contributed by atoms with Crippen molar-refractivity contribution >= 4 is 5.91 Å². The minimum atomic E-state index is -0.433. The van der Waals surface area contributed by atoms with E-state index < -0.39 is 6.10 Å². The number of nitrogens with one attached hydrogen (secondary N) is 2. The zero-order chi connectivity index (χ0) is 17.5. The van der Waals surface area contributed by atoms with Gasteiger partial charge in [0, 0.05) is 13.1 Å². The first-order chi connectivity index (χ1) is 11.6. The van der Waals surface area contributed by atoms with Gasteiger partial charge in [-0.15, -0.1) is 0 Å². The molecule has 0 spiro atoms. The van der Waals surface area contributed by atoms with Gasteiger partial charge in [0.15, 0.2) is 0 Å². The lowest BCUT2D eigenvalue weighted by molar-refractivity contribution is -0.123. The molecule has 1 fully saturated rings. The number of carbonyl (C=O) groups excluding carboxylic acids is 1. The Morgan fingerprint density at radius 3 is 2.79 bits per heavy atom. The number of carbonyl (C=O) groups is 1. The van der Waals surface area contributed by atoms with E-state index in [4.69, 9.17) is 4.74 Å². The second-order valence-electron chi connectivity index (χ2n) is 6.11. The molecule has 6 heteroatoms. The fourth-order valence-electron chi connectivity index (χ4n) is 3.21. The number of aliphatic hydroxyl groups excluding tert-OH is 1. The fourth-order valence-corrected chi connectivity index (χ4v) is 3.21. The third-order valence-corrected chi connectivity index (χ3v) is 4.63. The van der Waals surface area contributed by atoms with E-state index in [1.54, 1.807) is 7.11 Å². The summed E-state index contributed by atoms with van der Waals surface area (Å²) in [6.07, 6.45) is 0.0405. The summed E-state index contributed by atoms with van der Waals surface area (Å²) in [6, 6.07) is 7.77. The predicted octanol–water partition coefficient (Wildman–Crippen LogP) is 0.917. The minimum absolute atomic E-state index is 0.0494. The second-order valence-corrected chi connectivity index (χ2v) is 6.11. The quantitative estimate of drug-likeness (QED) is 0.659. The molecule has 1 aliphatic heterocycles. The van der Waals surface area contributed by atoms with Gasteiger partial charge in [0.25, 0.3) is 0 Å². The third kappa shape index (κ3) is 4.69. The summed E-state index contributed by atoms with van der Waals surface area (Å²) < 4.78 is 5.33. The molecule has 1 aliphatic rings. The summed E-state index contributed by atoms with van der Waals surface area (Å²) in [5, 5.41) is 15.6. The highest BCUT2D eigenvalue weighted by Gasteiger charge is 2.29. The Balaban J connectivity index is 2.07. The van der Waals surface area contributed by atoms with Crippen molar-refractivity contribution in [1.82, 2.24) is 15.5 Å². The Morgan fingerprint density at radius 2 is 2.21 bits per heavy atom. The summed E-state index contributed by atoms with van der Waals surface area (Å²) in [7, 11) is 1.66. The van der Waals surface area contributed by atoms with Gasteiger partial charge < -0.3 is 20.5 Å². The van der Waals surface area contributed by atoms with Crippen LogP contribution in [0.25, 0.3) is 0 Å². The fraction of sp³-hybridized carbons (Fsp3) is 0.611. The standard InChI is InChI=1S/C18H29N3O3/c1-4-21(5-2)17(13-7-6-8-15(9-13)24-3)12-20-18(23)16-10-14(22)11-19-16/h6-9,14,16-17,19,22H,4-5,10-12H2,1-3H3,(H,20,23). The van der Waals surface area contributed by atoms with E-state index in [9.17, 15) is 9.90 Å². The van der Waals surface area contributed by atoms with E-state index in [1.165, 1.54) is 0 Å². The van der Waals surface area contributed by atoms with Crippen LogP contribution in [0, 0.1) is 0 Å². The second kappa shape index (κ2) is 9.01. The van der Waals surface area contributed by atoms with Crippen LogP contribution in [-0.4, -0.2) is 61.3 Å². The van der Waals surface area contributed by atoms with Crippen molar-refractivity contribution < 1.29 is 14.6 Å². The Labute approximate surface area is 144 Å². The van der Waals surface area contributed by atoms with Crippen molar-refractivity contribution in [3.63, 3.8) is 0 Å². The van der Waals surface area contributed by atoms with Crippen LogP contribution in [0.2, 0.25) is 0 Å². The smallest absolute Gasteiger partial charge is 0.237 e. The molecular formula is C18H29N3O3. The maximum atomic E-state index is 12.3. The van der Waals surface area contributed by atoms with Gasteiger partial charge in [-0.3, -0.25) is 9.69 Å². The number of nitrogens with zero attached hydrogens (tertiary/aromatic N) is 1. The Kier molecular flexibility index (Phi) is 7.02. The van der Waals surface area contributed by atoms with E-state index >= 15 is 0 Å². The zero-order valence-corrected chi connectivity index (χ0v) is 14.8. The average molecular weight is 335 g/mol. The van der Waals surface area contributed by atoms with Crippen molar-refractivity contribution in [3.8, 4) is 5.75 Å². The molecule has 3 atom stereocenters. The molecule has 1 heterocycles. The first-order valence-corrected chi connectivity index (χ1v) is 8.66. The monoisotopic (exact) mass is 335 g/mol. The summed E-state index contributed by atoms with van der Waals surface area (Å²) in [6.45, 7) is 7.04. The van der Waals surface area contributed by atoms with Gasteiger partial charge in [-0.25, -0.2) is 0 Å². The number of aliphatic hydroxyl groups is 1. The zero-order valence-electron chi connectivity index (χ0n) is 14.8. The molecule has 6 nitrogen and oxygen atoms in total. The highest BCUT2D eigenvalue weighted by atomic mass is 16.5. The van der Waals surface area contributed by atoms with Crippen LogP contribution in [0.5, 0.6) is 5.75 Å². The van der Waals surface area contributed by atoms with Gasteiger partial charge in [0.05, 0.1) is 25.3 Å². The lowest BCUT2D eigenvalue weighted by Gasteiger charge is -2.30. The van der Waals surface area contributed by atoms with Crippen LogP contribution in [0.1, 0.15) is 31.9 Å². The average Bonchev–Trinajstić information content (AvgIpc) is 3.05. The van der Waals surface area contributed by atoms with Gasteiger partial charge >= 0.3 is 0 Å². The Hall–Kier alpha value is -1.63. The molecule has 1 amide bonds. The van der Waals surface area contributed by atoms with Crippen molar-refractivity contribution in [1.29, 1.82) is 0 Å². The minimum Gasteiger partial charge on any atom is -0.497 e. The molecule has 0 radical (unpaired) electrons. The van der Waals surface area contributed by atoms with Crippen molar-refractivity contribution in [2.24, 2.45) is 0 Å². The van der Waals surface area contributed by atoms with Gasteiger partial charge in [-0.2, -0.15) is 0 Å². The molecule has 0 aromatic heterocycles. The molecule has 3 N–H and O–H groups in total. The van der Waals surface area contributed by atoms with E-state index in [0.717, 1.165) is 24.4 Å². The number of likely N-dealkylation sites (N-methyl/N-ethyl adjacent to an activating group) is 1. The van der Waals surface area contributed by atoms with Crippen molar-refractivity contribution in [2.75, 3.05) is 33.3 Å². The lowest BCUT2D eigenvalue weighted by atomic mass is 10.0. The molecule has 0 aliphatic carbocycles. The number of β-amino-alcohol motifs (C(OH)–C–C–N with tert-alkyl or cyclic N) is 1. The van der Waals surface area contributed by atoms with E-state index in [0.29, 0.717) is 19.5 Å². The topological polar surface area (TPSA) is 73.8 Å². The van der Waals surface area contributed by atoms with Crippen LogP contribution in [0.3, 0.4) is 0 Å². The molecule has 0 saturated carbocycles. The molecule has 1 aromatic rings. The SMILES string of the molecule is CCN(CC)C(CNC(=O)C1CC(O)CN1)c1cccc(OC)c1. The highest BCUT2D eigenvalue weighted by Crippen LogP contribution is 2.24. The summed E-state index contributed by atoms with van der Waals surface area (Å²) in [4.78, 5) is 14.6. The van der Waals surface area contributed by atoms with Crippen molar-refractivity contribution in [2.45, 2.75) is 38.5 Å². The van der Waals surface area contributed by atoms with Gasteiger partial charge in [-0.1, -0.05) is 26.0 Å². The van der Waals surface area contributed by atoms with Crippen LogP contribution >= 0.6 is 0 Å². The third-order valence-electron chi connectivity index (χ3n) is 4.63. The van der Waals surface area contributed by atoms with Crippen LogP contribution in [0.15, 0.2) is 24.3 Å². The first kappa shape index (κ1) is 18.7.